The average Bonchev–Trinajstić information content (AvgIpc) is 3.00. The Hall–Kier alpha value is -5.58. The summed E-state index contributed by atoms with van der Waals surface area (Å²) in [6.07, 6.45) is 0.711. The summed E-state index contributed by atoms with van der Waals surface area (Å²) in [6.45, 7) is 3.48. The van der Waals surface area contributed by atoms with Crippen molar-refractivity contribution in [2.75, 3.05) is 17.7 Å². The van der Waals surface area contributed by atoms with E-state index in [4.69, 9.17) is 4.74 Å². The zero-order valence-corrected chi connectivity index (χ0v) is 22.1. The lowest BCUT2D eigenvalue weighted by atomic mass is 9.95. The number of pyridine rings is 1. The highest BCUT2D eigenvalue weighted by atomic mass is 19.4. The average molecular weight is 570 g/mol. The summed E-state index contributed by atoms with van der Waals surface area (Å²) in [4.78, 5) is 37.2. The third-order valence-electron chi connectivity index (χ3n) is 6.34. The number of carbonyl (C=O) groups is 2. The van der Waals surface area contributed by atoms with E-state index in [9.17, 15) is 22.8 Å². The molecule has 0 aliphatic heterocycles. The van der Waals surface area contributed by atoms with Gasteiger partial charge in [0.25, 0.3) is 5.91 Å². The van der Waals surface area contributed by atoms with Crippen LogP contribution in [0, 0.1) is 0 Å². The number of hydrogen-bond acceptors (Lipinski definition) is 6. The van der Waals surface area contributed by atoms with E-state index < -0.39 is 17.6 Å². The van der Waals surface area contributed by atoms with Crippen LogP contribution in [-0.4, -0.2) is 33.9 Å². The van der Waals surface area contributed by atoms with Crippen LogP contribution in [0.25, 0.3) is 33.2 Å². The molecule has 11 heteroatoms. The maximum Gasteiger partial charge on any atom is 0.416 e. The van der Waals surface area contributed by atoms with Gasteiger partial charge in [-0.15, -0.1) is 0 Å². The Balaban J connectivity index is 1.52. The molecule has 42 heavy (non-hydrogen) atoms. The highest BCUT2D eigenvalue weighted by Gasteiger charge is 2.31. The number of hydrogen-bond donors (Lipinski definition) is 2. The Kier molecular flexibility index (Phi) is 7.65. The minimum atomic E-state index is -4.58. The largest absolute Gasteiger partial charge is 0.496 e. The molecule has 0 unspecified atom stereocenters. The van der Waals surface area contributed by atoms with Gasteiger partial charge in [-0.2, -0.15) is 13.2 Å². The number of nitrogens with one attached hydrogen (secondary N) is 2. The molecule has 2 heterocycles. The van der Waals surface area contributed by atoms with Gasteiger partial charge in [0.05, 0.1) is 23.8 Å². The summed E-state index contributed by atoms with van der Waals surface area (Å²) in [6, 6.07) is 17.5. The molecule has 8 nitrogen and oxygen atoms in total. The van der Waals surface area contributed by atoms with Crippen molar-refractivity contribution in [3.8, 4) is 28.0 Å². The van der Waals surface area contributed by atoms with Gasteiger partial charge in [0, 0.05) is 29.0 Å². The predicted octanol–water partition coefficient (Wildman–Crippen LogP) is 6.76. The number of methoxy groups -OCH3 is 1. The number of ether oxygens (including phenoxy) is 1. The van der Waals surface area contributed by atoms with Crippen molar-refractivity contribution in [2.45, 2.75) is 6.18 Å². The van der Waals surface area contributed by atoms with Crippen LogP contribution in [0.5, 0.6) is 5.75 Å². The summed E-state index contributed by atoms with van der Waals surface area (Å²) in [7, 11) is 1.39. The molecule has 0 fully saturated rings. The summed E-state index contributed by atoms with van der Waals surface area (Å²) >= 11 is 0. The Bertz CT molecular complexity index is 1840. The Morgan fingerprint density at radius 1 is 0.929 bits per heavy atom. The third kappa shape index (κ3) is 5.94. The van der Waals surface area contributed by atoms with Crippen molar-refractivity contribution >= 4 is 34.2 Å². The van der Waals surface area contributed by atoms with E-state index in [2.05, 4.69) is 32.2 Å². The number of halogens is 3. The molecule has 0 bridgehead atoms. The van der Waals surface area contributed by atoms with Crippen molar-refractivity contribution in [3.63, 3.8) is 0 Å². The quantitative estimate of drug-likeness (QED) is 0.210. The third-order valence-corrected chi connectivity index (χ3v) is 6.34. The zero-order valence-electron chi connectivity index (χ0n) is 22.1. The molecule has 2 N–H and O–H groups in total. The maximum absolute atomic E-state index is 13.1. The number of carbonyl (C=O) groups excluding carboxylic acids is 2. The molecule has 2 aromatic heterocycles. The number of nitrogens with zero attached hydrogens (tertiary/aromatic N) is 3. The van der Waals surface area contributed by atoms with Crippen LogP contribution in [0.15, 0.2) is 98.1 Å². The van der Waals surface area contributed by atoms with Crippen LogP contribution in [0.3, 0.4) is 0 Å². The van der Waals surface area contributed by atoms with Crippen molar-refractivity contribution in [1.82, 2.24) is 15.0 Å². The maximum atomic E-state index is 13.1. The first-order valence-corrected chi connectivity index (χ1v) is 12.5. The molecule has 0 spiro atoms. The van der Waals surface area contributed by atoms with Crippen LogP contribution in [-0.2, 0) is 11.0 Å². The number of alkyl halides is 3. The topological polar surface area (TPSA) is 106 Å². The smallest absolute Gasteiger partial charge is 0.416 e. The molecule has 0 atom stereocenters. The summed E-state index contributed by atoms with van der Waals surface area (Å²) in [5, 5.41) is 5.90. The number of benzene rings is 3. The Morgan fingerprint density at radius 2 is 1.76 bits per heavy atom. The number of amides is 2. The Labute approximate surface area is 237 Å². The lowest BCUT2D eigenvalue weighted by Crippen LogP contribution is -2.15. The monoisotopic (exact) mass is 569 g/mol. The van der Waals surface area contributed by atoms with Gasteiger partial charge in [-0.1, -0.05) is 24.8 Å². The normalized spacial score (nSPS) is 11.1. The fourth-order valence-electron chi connectivity index (χ4n) is 4.37. The predicted molar refractivity (Wildman–Crippen MR) is 153 cm³/mol. The van der Waals surface area contributed by atoms with Crippen molar-refractivity contribution < 1.29 is 27.5 Å². The molecule has 0 saturated heterocycles. The standard InChI is InChI=1S/C31H22F3N5O3/c1-3-28(40)38-23-6-4-5-19(12-23)25-13-20(11-21-16-35-17-37-29(21)25)18-7-8-24(26(14-18)42-2)30(41)39-27-15-22(9-10-36-27)31(32,33)34/h3-17H,1H2,2H3,(H,38,40)(H,36,39,41). The van der Waals surface area contributed by atoms with E-state index >= 15 is 0 Å². The van der Waals surface area contributed by atoms with E-state index in [1.807, 2.05) is 30.3 Å². The fourth-order valence-corrected chi connectivity index (χ4v) is 4.37. The van der Waals surface area contributed by atoms with E-state index in [0.29, 0.717) is 16.8 Å². The summed E-state index contributed by atoms with van der Waals surface area (Å²) in [5.41, 5.74) is 3.47. The first-order chi connectivity index (χ1) is 20.2. The Morgan fingerprint density at radius 3 is 2.52 bits per heavy atom. The minimum absolute atomic E-state index is 0.107. The van der Waals surface area contributed by atoms with Gasteiger partial charge < -0.3 is 15.4 Å². The summed E-state index contributed by atoms with van der Waals surface area (Å²) in [5.74, 6) is -1.06. The van der Waals surface area contributed by atoms with Crippen LogP contribution in [0.2, 0.25) is 0 Å². The molecule has 210 valence electrons. The van der Waals surface area contributed by atoms with Gasteiger partial charge in [0.15, 0.2) is 0 Å². The first-order valence-electron chi connectivity index (χ1n) is 12.5. The number of aromatic nitrogens is 3. The highest BCUT2D eigenvalue weighted by molar-refractivity contribution is 6.06. The number of fused-ring (bicyclic) bond motifs is 1. The second-order valence-corrected chi connectivity index (χ2v) is 9.06. The van der Waals surface area contributed by atoms with Crippen molar-refractivity contribution in [1.29, 1.82) is 0 Å². The number of rotatable bonds is 7. The lowest BCUT2D eigenvalue weighted by molar-refractivity contribution is -0.137. The summed E-state index contributed by atoms with van der Waals surface area (Å²) < 4.78 is 44.7. The van der Waals surface area contributed by atoms with Gasteiger partial charge >= 0.3 is 6.18 Å². The van der Waals surface area contributed by atoms with Gasteiger partial charge in [0.2, 0.25) is 5.91 Å². The van der Waals surface area contributed by atoms with Gasteiger partial charge in [-0.05, 0) is 71.3 Å². The molecular weight excluding hydrogens is 547 g/mol. The van der Waals surface area contributed by atoms with Crippen LogP contribution in [0.1, 0.15) is 15.9 Å². The van der Waals surface area contributed by atoms with E-state index in [1.54, 1.807) is 24.4 Å². The van der Waals surface area contributed by atoms with Gasteiger partial charge in [-0.25, -0.2) is 15.0 Å². The first kappa shape index (κ1) is 28.0. The minimum Gasteiger partial charge on any atom is -0.496 e. The molecule has 3 aromatic carbocycles. The van der Waals surface area contributed by atoms with Crippen molar-refractivity contribution in [3.05, 3.63) is 109 Å². The van der Waals surface area contributed by atoms with Gasteiger partial charge in [-0.3, -0.25) is 9.59 Å². The second-order valence-electron chi connectivity index (χ2n) is 9.06. The highest BCUT2D eigenvalue weighted by Crippen LogP contribution is 2.36. The molecule has 0 radical (unpaired) electrons. The molecule has 0 aliphatic carbocycles. The van der Waals surface area contributed by atoms with Crippen LogP contribution < -0.4 is 15.4 Å². The zero-order chi connectivity index (χ0) is 29.9. The van der Waals surface area contributed by atoms with E-state index in [0.717, 1.165) is 40.4 Å². The number of anilines is 2. The van der Waals surface area contributed by atoms with Gasteiger partial charge in [0.1, 0.15) is 17.9 Å². The second kappa shape index (κ2) is 11.5. The molecule has 0 aliphatic rings. The van der Waals surface area contributed by atoms with E-state index in [1.165, 1.54) is 25.6 Å². The van der Waals surface area contributed by atoms with Crippen molar-refractivity contribution in [2.24, 2.45) is 0 Å². The van der Waals surface area contributed by atoms with E-state index in [-0.39, 0.29) is 23.0 Å². The van der Waals surface area contributed by atoms with Crippen LogP contribution >= 0.6 is 0 Å². The molecular formula is C31H22F3N5O3. The molecule has 0 saturated carbocycles. The van der Waals surface area contributed by atoms with Crippen LogP contribution in [0.4, 0.5) is 24.7 Å². The fraction of sp³-hybridized carbons (Fsp3) is 0.0645. The molecule has 5 aromatic rings. The molecule has 5 rings (SSSR count). The lowest BCUT2D eigenvalue weighted by Gasteiger charge is -2.14. The SMILES string of the molecule is C=CC(=O)Nc1cccc(-c2cc(-c3ccc(C(=O)Nc4cc(C(F)(F)F)ccn4)c(OC)c3)cc3cncnc23)c1. The molecule has 2 amide bonds.